The Kier molecular flexibility index (Phi) is 9.08. The van der Waals surface area contributed by atoms with Gasteiger partial charge in [0.1, 0.15) is 5.75 Å². The number of aliphatic hydroxyl groups is 3. The van der Waals surface area contributed by atoms with E-state index in [1.807, 2.05) is 12.1 Å². The van der Waals surface area contributed by atoms with Crippen LogP contribution in [0.3, 0.4) is 0 Å². The first-order valence-electron chi connectivity index (χ1n) is 8.28. The van der Waals surface area contributed by atoms with Gasteiger partial charge in [-0.05, 0) is 48.1 Å². The lowest BCUT2D eigenvalue weighted by molar-refractivity contribution is 0.197. The first-order valence-corrected chi connectivity index (χ1v) is 8.28. The van der Waals surface area contributed by atoms with E-state index in [1.54, 1.807) is 18.2 Å². The average molecular weight is 332 g/mol. The maximum absolute atomic E-state index is 10.4. The summed E-state index contributed by atoms with van der Waals surface area (Å²) in [6, 6.07) is 7.06. The van der Waals surface area contributed by atoms with Crippen molar-refractivity contribution in [2.45, 2.75) is 38.7 Å². The van der Waals surface area contributed by atoms with Crippen molar-refractivity contribution in [3.8, 4) is 5.75 Å². The van der Waals surface area contributed by atoms with Crippen LogP contribution in [0.15, 0.2) is 53.6 Å². The van der Waals surface area contributed by atoms with Crippen LogP contribution in [0.4, 0.5) is 0 Å². The van der Waals surface area contributed by atoms with Gasteiger partial charge < -0.3 is 20.4 Å². The Labute approximate surface area is 144 Å². The van der Waals surface area contributed by atoms with Crippen molar-refractivity contribution in [2.75, 3.05) is 13.2 Å². The van der Waals surface area contributed by atoms with E-state index in [4.69, 9.17) is 5.11 Å². The van der Waals surface area contributed by atoms with Gasteiger partial charge in [-0.15, -0.1) is 0 Å². The third kappa shape index (κ3) is 6.71. The van der Waals surface area contributed by atoms with E-state index in [2.05, 4.69) is 13.5 Å². The summed E-state index contributed by atoms with van der Waals surface area (Å²) in [5.41, 5.74) is 3.03. The molecule has 4 nitrogen and oxygen atoms in total. The van der Waals surface area contributed by atoms with Crippen molar-refractivity contribution in [2.24, 2.45) is 0 Å². The van der Waals surface area contributed by atoms with E-state index in [9.17, 15) is 15.3 Å². The molecule has 0 aliphatic rings. The highest BCUT2D eigenvalue weighted by atomic mass is 16.3. The van der Waals surface area contributed by atoms with Gasteiger partial charge >= 0.3 is 0 Å². The maximum atomic E-state index is 10.4. The van der Waals surface area contributed by atoms with Crippen LogP contribution in [-0.4, -0.2) is 39.7 Å². The van der Waals surface area contributed by atoms with Crippen LogP contribution in [0.2, 0.25) is 0 Å². The molecule has 0 spiro atoms. The zero-order valence-electron chi connectivity index (χ0n) is 14.3. The van der Waals surface area contributed by atoms with E-state index in [-0.39, 0.29) is 19.0 Å². The summed E-state index contributed by atoms with van der Waals surface area (Å²) in [4.78, 5) is 0. The summed E-state index contributed by atoms with van der Waals surface area (Å²) in [6.45, 7) is 5.37. The zero-order chi connectivity index (χ0) is 17.9. The Hall–Kier alpha value is -1.88. The number of hydrogen-bond acceptors (Lipinski definition) is 4. The van der Waals surface area contributed by atoms with Crippen molar-refractivity contribution in [1.29, 1.82) is 0 Å². The number of aromatic hydroxyl groups is 1. The van der Waals surface area contributed by atoms with Crippen LogP contribution < -0.4 is 0 Å². The summed E-state index contributed by atoms with van der Waals surface area (Å²) >= 11 is 0. The van der Waals surface area contributed by atoms with Gasteiger partial charge in [0.2, 0.25) is 0 Å². The van der Waals surface area contributed by atoms with Crippen molar-refractivity contribution in [1.82, 2.24) is 0 Å². The van der Waals surface area contributed by atoms with E-state index >= 15 is 0 Å². The van der Waals surface area contributed by atoms with Gasteiger partial charge in [0.05, 0.1) is 19.3 Å². The van der Waals surface area contributed by atoms with E-state index in [1.165, 1.54) is 11.6 Å². The molecule has 0 saturated carbocycles. The molecule has 0 aliphatic heterocycles. The fourth-order valence-electron chi connectivity index (χ4n) is 2.62. The van der Waals surface area contributed by atoms with Gasteiger partial charge in [0.15, 0.2) is 0 Å². The topological polar surface area (TPSA) is 80.9 Å². The van der Waals surface area contributed by atoms with E-state index in [0.29, 0.717) is 24.0 Å². The zero-order valence-corrected chi connectivity index (χ0v) is 14.3. The number of phenols is 1. The van der Waals surface area contributed by atoms with Gasteiger partial charge in [0.25, 0.3) is 0 Å². The Bertz CT molecular complexity index is 587. The van der Waals surface area contributed by atoms with E-state index < -0.39 is 6.10 Å². The predicted octanol–water partition coefficient (Wildman–Crippen LogP) is 3.18. The molecular formula is C20H28O4. The molecule has 24 heavy (non-hydrogen) atoms. The lowest BCUT2D eigenvalue weighted by atomic mass is 9.94. The third-order valence-electron chi connectivity index (χ3n) is 3.82. The van der Waals surface area contributed by atoms with Gasteiger partial charge in [-0.25, -0.2) is 0 Å². The SMILES string of the molecule is C=C(CO)/C(=C/CO)C(O)CC/C(=C/c1cccc(O)c1)CCC. The van der Waals surface area contributed by atoms with Crippen molar-refractivity contribution in [3.05, 3.63) is 59.2 Å². The van der Waals surface area contributed by atoms with Crippen LogP contribution in [-0.2, 0) is 0 Å². The second-order valence-electron chi connectivity index (χ2n) is 5.81. The molecule has 132 valence electrons. The van der Waals surface area contributed by atoms with Crippen LogP contribution in [0.1, 0.15) is 38.2 Å². The molecular weight excluding hydrogens is 304 g/mol. The fraction of sp³-hybridized carbons (Fsp3) is 0.400. The maximum Gasteiger partial charge on any atom is 0.116 e. The van der Waals surface area contributed by atoms with Crippen LogP contribution in [0, 0.1) is 0 Å². The second kappa shape index (κ2) is 10.8. The second-order valence-corrected chi connectivity index (χ2v) is 5.81. The first-order chi connectivity index (χ1) is 11.5. The Morgan fingerprint density at radius 3 is 2.58 bits per heavy atom. The van der Waals surface area contributed by atoms with Gasteiger partial charge in [-0.1, -0.05) is 49.8 Å². The van der Waals surface area contributed by atoms with E-state index in [0.717, 1.165) is 18.4 Å². The number of phenolic OH excluding ortho intramolecular Hbond substituents is 1. The van der Waals surface area contributed by atoms with Gasteiger partial charge in [-0.3, -0.25) is 0 Å². The minimum Gasteiger partial charge on any atom is -0.508 e. The normalized spacial score (nSPS) is 13.8. The molecule has 0 fully saturated rings. The molecule has 0 amide bonds. The lowest BCUT2D eigenvalue weighted by Gasteiger charge is -2.17. The minimum atomic E-state index is -0.777. The lowest BCUT2D eigenvalue weighted by Crippen LogP contribution is -2.14. The molecule has 0 aromatic heterocycles. The molecule has 1 aromatic carbocycles. The molecule has 1 rings (SSSR count). The van der Waals surface area contributed by atoms with Crippen molar-refractivity contribution in [3.63, 3.8) is 0 Å². The smallest absolute Gasteiger partial charge is 0.116 e. The summed E-state index contributed by atoms with van der Waals surface area (Å²) < 4.78 is 0. The van der Waals surface area contributed by atoms with Crippen LogP contribution in [0.5, 0.6) is 5.75 Å². The average Bonchev–Trinajstić information content (AvgIpc) is 2.57. The molecule has 0 radical (unpaired) electrons. The molecule has 1 aromatic rings. The molecule has 1 atom stereocenters. The Balaban J connectivity index is 2.82. The highest BCUT2D eigenvalue weighted by molar-refractivity contribution is 5.54. The highest BCUT2D eigenvalue weighted by Crippen LogP contribution is 2.23. The third-order valence-corrected chi connectivity index (χ3v) is 3.82. The predicted molar refractivity (Wildman–Crippen MR) is 97.6 cm³/mol. The molecule has 4 heteroatoms. The molecule has 0 aliphatic carbocycles. The molecule has 0 heterocycles. The monoisotopic (exact) mass is 332 g/mol. The van der Waals surface area contributed by atoms with Gasteiger partial charge in [-0.2, -0.15) is 0 Å². The molecule has 1 unspecified atom stereocenters. The fourth-order valence-corrected chi connectivity index (χ4v) is 2.62. The van der Waals surface area contributed by atoms with Crippen molar-refractivity contribution >= 4 is 6.08 Å². The number of benzene rings is 1. The summed E-state index contributed by atoms with van der Waals surface area (Å²) in [6.07, 6.45) is 5.81. The number of aliphatic hydroxyl groups excluding tert-OH is 3. The summed E-state index contributed by atoms with van der Waals surface area (Å²) in [5, 5.41) is 38.2. The number of rotatable bonds is 10. The molecule has 4 N–H and O–H groups in total. The molecule has 0 saturated heterocycles. The molecule has 0 bridgehead atoms. The van der Waals surface area contributed by atoms with Gasteiger partial charge in [0, 0.05) is 0 Å². The quantitative estimate of drug-likeness (QED) is 0.496. The summed E-state index contributed by atoms with van der Waals surface area (Å²) in [5.74, 6) is 0.229. The highest BCUT2D eigenvalue weighted by Gasteiger charge is 2.14. The standard InChI is InChI=1S/C20H28O4/c1-3-5-16(12-17-6-4-7-18(23)13-17)8-9-20(24)19(10-11-21)15(2)14-22/h4,6-7,10,12-13,20-24H,2-3,5,8-9,11,14H2,1H3/b16-12+,19-10-. The Morgan fingerprint density at radius 1 is 1.25 bits per heavy atom. The minimum absolute atomic E-state index is 0.202. The number of hydrogen-bond donors (Lipinski definition) is 4. The Morgan fingerprint density at radius 2 is 2.00 bits per heavy atom. The van der Waals surface area contributed by atoms with Crippen LogP contribution >= 0.6 is 0 Å². The van der Waals surface area contributed by atoms with Crippen LogP contribution in [0.25, 0.3) is 6.08 Å². The first kappa shape index (κ1) is 20.2. The number of allylic oxidation sites excluding steroid dienone is 1. The van der Waals surface area contributed by atoms with Crippen molar-refractivity contribution < 1.29 is 20.4 Å². The summed E-state index contributed by atoms with van der Waals surface area (Å²) in [7, 11) is 0. The largest absolute Gasteiger partial charge is 0.508 e.